The summed E-state index contributed by atoms with van der Waals surface area (Å²) in [7, 11) is 0. The van der Waals surface area contributed by atoms with E-state index >= 15 is 0 Å². The van der Waals surface area contributed by atoms with Gasteiger partial charge in [0.15, 0.2) is 0 Å². The summed E-state index contributed by atoms with van der Waals surface area (Å²) < 4.78 is 2.59. The van der Waals surface area contributed by atoms with Crippen LogP contribution in [-0.4, -0.2) is 4.57 Å². The Bertz CT molecular complexity index is 2560. The first kappa shape index (κ1) is 36.3. The number of fused-ring (bicyclic) bond motifs is 8. The summed E-state index contributed by atoms with van der Waals surface area (Å²) in [4.78, 5) is 0. The zero-order valence-corrected chi connectivity index (χ0v) is 35.1. The first-order valence-corrected chi connectivity index (χ1v) is 22.7. The Labute approximate surface area is 345 Å². The van der Waals surface area contributed by atoms with Crippen LogP contribution in [0.3, 0.4) is 0 Å². The van der Waals surface area contributed by atoms with Crippen LogP contribution in [0.4, 0.5) is 5.69 Å². The van der Waals surface area contributed by atoms with Crippen molar-refractivity contribution < 1.29 is 0 Å². The van der Waals surface area contributed by atoms with Crippen LogP contribution < -0.4 is 5.73 Å². The van der Waals surface area contributed by atoms with Gasteiger partial charge in [0.05, 0.1) is 11.0 Å². The van der Waals surface area contributed by atoms with Crippen LogP contribution in [0.15, 0.2) is 121 Å². The molecule has 4 aliphatic carbocycles. The molecule has 4 saturated carbocycles. The van der Waals surface area contributed by atoms with Crippen LogP contribution >= 0.6 is 0 Å². The first-order valence-electron chi connectivity index (χ1n) is 22.7. The summed E-state index contributed by atoms with van der Waals surface area (Å²) in [5.41, 5.74) is 20.0. The molecule has 0 aliphatic heterocycles. The molecule has 0 spiro atoms. The second kappa shape index (κ2) is 13.6. The first-order chi connectivity index (χ1) is 28.1. The van der Waals surface area contributed by atoms with Gasteiger partial charge in [0, 0.05) is 27.7 Å². The number of benzene rings is 6. The van der Waals surface area contributed by atoms with Gasteiger partial charge < -0.3 is 10.3 Å². The summed E-state index contributed by atoms with van der Waals surface area (Å²) in [6.45, 7) is 10.1. The molecule has 0 saturated heterocycles. The molecular formula is C56H60N2. The Balaban J connectivity index is 1.16. The third-order valence-corrected chi connectivity index (χ3v) is 15.8. The molecule has 58 heavy (non-hydrogen) atoms. The van der Waals surface area contributed by atoms with E-state index in [9.17, 15) is 0 Å². The molecule has 0 radical (unpaired) electrons. The molecule has 4 atom stereocenters. The van der Waals surface area contributed by atoms with E-state index in [1.54, 1.807) is 11.1 Å². The monoisotopic (exact) mass is 760 g/mol. The second-order valence-electron chi connectivity index (χ2n) is 20.6. The number of nitrogens with two attached hydrogens (primary N) is 1. The maximum atomic E-state index is 6.94. The van der Waals surface area contributed by atoms with Gasteiger partial charge in [-0.25, -0.2) is 0 Å². The van der Waals surface area contributed by atoms with E-state index in [0.29, 0.717) is 0 Å². The smallest absolute Gasteiger partial charge is 0.0541 e. The van der Waals surface area contributed by atoms with Gasteiger partial charge in [0.1, 0.15) is 0 Å². The van der Waals surface area contributed by atoms with Gasteiger partial charge in [-0.3, -0.25) is 0 Å². The molecule has 11 rings (SSSR count). The fraction of sp³-hybridized carbons (Fsp3) is 0.393. The molecule has 294 valence electrons. The van der Waals surface area contributed by atoms with Gasteiger partial charge in [-0.05, 0) is 204 Å². The maximum Gasteiger partial charge on any atom is 0.0541 e. The minimum atomic E-state index is 0.276. The van der Waals surface area contributed by atoms with Crippen molar-refractivity contribution in [2.75, 3.05) is 5.73 Å². The number of hydrogen-bond donors (Lipinski definition) is 1. The topological polar surface area (TPSA) is 30.9 Å². The molecule has 1 aromatic heterocycles. The zero-order chi connectivity index (χ0) is 39.3. The second-order valence-corrected chi connectivity index (χ2v) is 20.6. The average Bonchev–Trinajstić information content (AvgIpc) is 3.53. The van der Waals surface area contributed by atoms with Crippen molar-refractivity contribution in [3.8, 4) is 27.9 Å². The van der Waals surface area contributed by atoms with Gasteiger partial charge in [-0.1, -0.05) is 94.4 Å². The van der Waals surface area contributed by atoms with Crippen LogP contribution in [0.2, 0.25) is 0 Å². The summed E-state index contributed by atoms with van der Waals surface area (Å²) in [6, 6.07) is 46.5. The van der Waals surface area contributed by atoms with E-state index in [-0.39, 0.29) is 10.8 Å². The van der Waals surface area contributed by atoms with Crippen molar-refractivity contribution in [3.05, 3.63) is 132 Å². The Morgan fingerprint density at radius 3 is 1.48 bits per heavy atom. The molecule has 2 N–H and O–H groups in total. The highest BCUT2D eigenvalue weighted by molar-refractivity contribution is 6.10. The molecule has 2 nitrogen and oxygen atoms in total. The largest absolute Gasteiger partial charge is 0.398 e. The number of nitrogen functional groups attached to an aromatic ring is 1. The van der Waals surface area contributed by atoms with E-state index in [1.807, 2.05) is 0 Å². The maximum absolute atomic E-state index is 6.94. The Kier molecular flexibility index (Phi) is 8.52. The van der Waals surface area contributed by atoms with Crippen LogP contribution in [0, 0.1) is 35.5 Å². The van der Waals surface area contributed by atoms with Crippen LogP contribution in [0.1, 0.15) is 103 Å². The van der Waals surface area contributed by atoms with Crippen molar-refractivity contribution in [3.63, 3.8) is 0 Å². The lowest BCUT2D eigenvalue weighted by molar-refractivity contribution is 0.0779. The predicted molar refractivity (Wildman–Crippen MR) is 247 cm³/mol. The van der Waals surface area contributed by atoms with Crippen LogP contribution in [0.25, 0.3) is 60.5 Å². The minimum Gasteiger partial charge on any atom is -0.398 e. The van der Waals surface area contributed by atoms with E-state index < -0.39 is 0 Å². The lowest BCUT2D eigenvalue weighted by Crippen LogP contribution is -2.42. The molecule has 4 aliphatic rings. The molecule has 0 amide bonds. The predicted octanol–water partition coefficient (Wildman–Crippen LogP) is 15.1. The quantitative estimate of drug-likeness (QED) is 0.174. The normalized spacial score (nSPS) is 29.6. The highest BCUT2D eigenvalue weighted by Gasteiger charge is 2.47. The standard InChI is InChI=1S/C56H60N2/c1-35-18-39-19-36(2)30-55(29-35,33-39)46-14-16-53-50(27-46)51-28-47(56-31-37(3)20-40(34-56)21-38(4)32-56)15-17-54(51)58(53)48-23-44(41-10-6-5-7-11-41)22-45(24-48)49-25-42-12-8-9-13-43(42)26-52(49)57/h5-17,22-28,35-40H,18-21,29-34,57H2,1-4H3. The average molecular weight is 761 g/mol. The summed E-state index contributed by atoms with van der Waals surface area (Å²) >= 11 is 0. The Morgan fingerprint density at radius 1 is 0.466 bits per heavy atom. The van der Waals surface area contributed by atoms with E-state index in [4.69, 9.17) is 5.73 Å². The number of anilines is 1. The summed E-state index contributed by atoms with van der Waals surface area (Å²) in [5.74, 6) is 4.84. The lowest BCUT2D eigenvalue weighted by Gasteiger charge is -2.50. The van der Waals surface area contributed by atoms with Gasteiger partial charge in [-0.15, -0.1) is 0 Å². The number of nitrogens with zero attached hydrogens (tertiary/aromatic N) is 1. The van der Waals surface area contributed by atoms with Crippen molar-refractivity contribution >= 4 is 38.3 Å². The molecule has 2 heteroatoms. The van der Waals surface area contributed by atoms with Crippen LogP contribution in [-0.2, 0) is 10.8 Å². The molecule has 1 heterocycles. The molecule has 6 aromatic carbocycles. The van der Waals surface area contributed by atoms with Crippen molar-refractivity contribution in [1.29, 1.82) is 0 Å². The highest BCUT2D eigenvalue weighted by atomic mass is 15.0. The fourth-order valence-electron chi connectivity index (χ4n) is 14.3. The number of hydrogen-bond acceptors (Lipinski definition) is 1. The number of aromatic nitrogens is 1. The van der Waals surface area contributed by atoms with Crippen molar-refractivity contribution in [2.45, 2.75) is 103 Å². The number of rotatable bonds is 5. The third-order valence-electron chi connectivity index (χ3n) is 15.8. The molecule has 4 bridgehead atoms. The summed E-state index contributed by atoms with van der Waals surface area (Å²) in [6.07, 6.45) is 13.6. The van der Waals surface area contributed by atoms with E-state index in [1.165, 1.54) is 114 Å². The van der Waals surface area contributed by atoms with Crippen molar-refractivity contribution in [1.82, 2.24) is 4.57 Å². The van der Waals surface area contributed by atoms with Crippen LogP contribution in [0.5, 0.6) is 0 Å². The molecular weight excluding hydrogens is 701 g/mol. The van der Waals surface area contributed by atoms with Crippen molar-refractivity contribution in [2.24, 2.45) is 35.5 Å². The molecule has 4 unspecified atom stereocenters. The Hall–Kier alpha value is -4.82. The molecule has 4 fully saturated rings. The molecule has 7 aromatic rings. The van der Waals surface area contributed by atoms with E-state index in [2.05, 4.69) is 154 Å². The van der Waals surface area contributed by atoms with Gasteiger partial charge in [-0.2, -0.15) is 0 Å². The van der Waals surface area contributed by atoms with E-state index in [0.717, 1.165) is 52.3 Å². The van der Waals surface area contributed by atoms with Gasteiger partial charge in [0.25, 0.3) is 0 Å². The van der Waals surface area contributed by atoms with Gasteiger partial charge in [0.2, 0.25) is 0 Å². The SMILES string of the molecule is CC1CC2CC(C)CC(c3ccc4c(c3)c3cc(C56CC(C)CC(CC(C)C5)C6)ccc3n4-c3cc(-c4ccccc4)cc(-c4cc5ccccc5cc4N)c3)(C1)C2. The zero-order valence-electron chi connectivity index (χ0n) is 35.1. The summed E-state index contributed by atoms with van der Waals surface area (Å²) in [5, 5.41) is 5.23. The van der Waals surface area contributed by atoms with Gasteiger partial charge >= 0.3 is 0 Å². The minimum absolute atomic E-state index is 0.276. The third kappa shape index (κ3) is 6.03. The lowest BCUT2D eigenvalue weighted by atomic mass is 9.54. The highest BCUT2D eigenvalue weighted by Crippen LogP contribution is 2.56. The fourth-order valence-corrected chi connectivity index (χ4v) is 14.3. The Morgan fingerprint density at radius 2 is 0.948 bits per heavy atom.